The molecule has 1 heterocycles. The zero-order valence-corrected chi connectivity index (χ0v) is 9.77. The first-order chi connectivity index (χ1) is 7.98. The number of nitrogens with two attached hydrogens (primary N) is 1. The number of hydrogen-bond acceptors (Lipinski definition) is 5. The van der Waals surface area contributed by atoms with Crippen molar-refractivity contribution in [2.75, 3.05) is 26.9 Å². The molecule has 2 unspecified atom stereocenters. The highest BCUT2D eigenvalue weighted by Gasteiger charge is 2.38. The number of methoxy groups -OCH3 is 1. The highest BCUT2D eigenvalue weighted by atomic mass is 16.5. The van der Waals surface area contributed by atoms with Gasteiger partial charge in [0.15, 0.2) is 0 Å². The van der Waals surface area contributed by atoms with Gasteiger partial charge in [0.2, 0.25) is 5.91 Å². The lowest BCUT2D eigenvalue weighted by atomic mass is 9.99. The summed E-state index contributed by atoms with van der Waals surface area (Å²) in [5, 5.41) is 11.2. The highest BCUT2D eigenvalue weighted by Crippen LogP contribution is 2.15. The van der Waals surface area contributed by atoms with Gasteiger partial charge in [-0.05, 0) is 6.42 Å². The van der Waals surface area contributed by atoms with Crippen LogP contribution in [0.4, 0.5) is 0 Å². The minimum Gasteiger partial charge on any atom is -0.481 e. The average molecular weight is 246 g/mol. The molecule has 0 aromatic carbocycles. The monoisotopic (exact) mass is 246 g/mol. The Morgan fingerprint density at radius 3 is 2.82 bits per heavy atom. The molecular formula is C10H18N2O5. The summed E-state index contributed by atoms with van der Waals surface area (Å²) in [5.41, 5.74) is 4.84. The van der Waals surface area contributed by atoms with Crippen LogP contribution in [0, 0.1) is 0 Å². The highest BCUT2D eigenvalue weighted by molar-refractivity contribution is 5.86. The van der Waals surface area contributed by atoms with Crippen molar-refractivity contribution in [2.24, 2.45) is 5.73 Å². The van der Waals surface area contributed by atoms with Gasteiger partial charge in [0, 0.05) is 20.3 Å². The number of rotatable bonds is 6. The molecule has 0 saturated carbocycles. The molecule has 0 aliphatic carbocycles. The third-order valence-corrected chi connectivity index (χ3v) is 2.73. The zero-order valence-electron chi connectivity index (χ0n) is 9.77. The molecule has 7 heteroatoms. The predicted octanol–water partition coefficient (Wildman–Crippen LogP) is -1.29. The van der Waals surface area contributed by atoms with Crippen LogP contribution >= 0.6 is 0 Å². The molecule has 7 nitrogen and oxygen atoms in total. The van der Waals surface area contributed by atoms with Gasteiger partial charge in [-0.3, -0.25) is 9.59 Å². The molecule has 4 N–H and O–H groups in total. The van der Waals surface area contributed by atoms with Gasteiger partial charge in [-0.1, -0.05) is 0 Å². The first-order valence-corrected chi connectivity index (χ1v) is 5.37. The molecule has 1 amide bonds. The lowest BCUT2D eigenvalue weighted by Crippen LogP contribution is -2.55. The van der Waals surface area contributed by atoms with E-state index in [1.807, 2.05) is 0 Å². The fourth-order valence-electron chi connectivity index (χ4n) is 1.58. The van der Waals surface area contributed by atoms with Crippen LogP contribution in [0.15, 0.2) is 0 Å². The van der Waals surface area contributed by atoms with Crippen LogP contribution in [0.25, 0.3) is 0 Å². The van der Waals surface area contributed by atoms with Crippen LogP contribution in [-0.2, 0) is 19.1 Å². The third-order valence-electron chi connectivity index (χ3n) is 2.73. The molecule has 0 radical (unpaired) electrons. The smallest absolute Gasteiger partial charge is 0.306 e. The molecule has 98 valence electrons. The Balaban J connectivity index is 2.38. The fraction of sp³-hybridized carbons (Fsp3) is 0.800. The molecule has 1 aliphatic rings. The third kappa shape index (κ3) is 3.95. The SMILES string of the molecule is COC(CNC(=O)C1(N)CCOC1)CC(=O)O. The van der Waals surface area contributed by atoms with Gasteiger partial charge in [0.05, 0.1) is 19.1 Å². The van der Waals surface area contributed by atoms with E-state index in [1.165, 1.54) is 7.11 Å². The van der Waals surface area contributed by atoms with E-state index in [4.69, 9.17) is 20.3 Å². The molecule has 0 aromatic heterocycles. The van der Waals surface area contributed by atoms with Crippen molar-refractivity contribution < 1.29 is 24.2 Å². The second-order valence-corrected chi connectivity index (χ2v) is 4.12. The zero-order chi connectivity index (χ0) is 12.9. The first-order valence-electron chi connectivity index (χ1n) is 5.37. The van der Waals surface area contributed by atoms with E-state index in [0.717, 1.165) is 0 Å². The van der Waals surface area contributed by atoms with Crippen molar-refractivity contribution in [3.05, 3.63) is 0 Å². The summed E-state index contributed by atoms with van der Waals surface area (Å²) in [4.78, 5) is 22.2. The van der Waals surface area contributed by atoms with Crippen LogP contribution in [-0.4, -0.2) is 55.5 Å². The van der Waals surface area contributed by atoms with E-state index in [1.54, 1.807) is 0 Å². The van der Waals surface area contributed by atoms with E-state index in [0.29, 0.717) is 13.0 Å². The Kier molecular flexibility index (Phi) is 4.86. The number of amides is 1. The maximum absolute atomic E-state index is 11.8. The number of carboxylic acid groups (broad SMARTS) is 1. The largest absolute Gasteiger partial charge is 0.481 e. The van der Waals surface area contributed by atoms with Crippen LogP contribution in [0.5, 0.6) is 0 Å². The van der Waals surface area contributed by atoms with Crippen molar-refractivity contribution in [3.8, 4) is 0 Å². The lowest BCUT2D eigenvalue weighted by Gasteiger charge is -2.22. The summed E-state index contributed by atoms with van der Waals surface area (Å²) < 4.78 is 10.0. The number of ether oxygens (including phenoxy) is 2. The Morgan fingerprint density at radius 1 is 1.65 bits per heavy atom. The van der Waals surface area contributed by atoms with Crippen molar-refractivity contribution >= 4 is 11.9 Å². The summed E-state index contributed by atoms with van der Waals surface area (Å²) in [6.07, 6.45) is -0.248. The summed E-state index contributed by atoms with van der Waals surface area (Å²) in [5.74, 6) is -1.31. The number of nitrogens with one attached hydrogen (secondary N) is 1. The summed E-state index contributed by atoms with van der Waals surface area (Å²) in [6.45, 7) is 0.781. The maximum atomic E-state index is 11.8. The number of hydrogen-bond donors (Lipinski definition) is 3. The Hall–Kier alpha value is -1.18. The average Bonchev–Trinajstić information content (AvgIpc) is 2.71. The quantitative estimate of drug-likeness (QED) is 0.538. The van der Waals surface area contributed by atoms with Gasteiger partial charge in [-0.15, -0.1) is 0 Å². The molecule has 17 heavy (non-hydrogen) atoms. The molecule has 0 bridgehead atoms. The molecule has 1 fully saturated rings. The predicted molar refractivity (Wildman–Crippen MR) is 58.4 cm³/mol. The standard InChI is InChI=1S/C10H18N2O5/c1-16-7(4-8(13)14)5-12-9(15)10(11)2-3-17-6-10/h7H,2-6,11H2,1H3,(H,12,15)(H,13,14). The van der Waals surface area contributed by atoms with E-state index in [9.17, 15) is 9.59 Å². The summed E-state index contributed by atoms with van der Waals surface area (Å²) in [7, 11) is 1.40. The Bertz CT molecular complexity index is 288. The Morgan fingerprint density at radius 2 is 2.35 bits per heavy atom. The number of carbonyl (C=O) groups is 2. The minimum atomic E-state index is -0.998. The van der Waals surface area contributed by atoms with Crippen molar-refractivity contribution in [1.82, 2.24) is 5.32 Å². The van der Waals surface area contributed by atoms with Crippen molar-refractivity contribution in [3.63, 3.8) is 0 Å². The summed E-state index contributed by atoms with van der Waals surface area (Å²) in [6, 6.07) is 0. The molecular weight excluding hydrogens is 228 g/mol. The van der Waals surface area contributed by atoms with Crippen LogP contribution in [0.3, 0.4) is 0 Å². The minimum absolute atomic E-state index is 0.126. The van der Waals surface area contributed by atoms with Crippen molar-refractivity contribution in [1.29, 1.82) is 0 Å². The van der Waals surface area contributed by atoms with Crippen LogP contribution < -0.4 is 11.1 Å². The van der Waals surface area contributed by atoms with E-state index in [2.05, 4.69) is 5.32 Å². The molecule has 2 atom stereocenters. The first kappa shape index (κ1) is 13.9. The van der Waals surface area contributed by atoms with Crippen molar-refractivity contribution in [2.45, 2.75) is 24.5 Å². The van der Waals surface area contributed by atoms with Gasteiger partial charge in [-0.2, -0.15) is 0 Å². The summed E-state index contributed by atoms with van der Waals surface area (Å²) >= 11 is 0. The second kappa shape index (κ2) is 5.95. The van der Waals surface area contributed by atoms with Crippen LogP contribution in [0.2, 0.25) is 0 Å². The molecule has 0 aromatic rings. The van der Waals surface area contributed by atoms with Gasteiger partial charge in [0.1, 0.15) is 5.54 Å². The van der Waals surface area contributed by atoms with Gasteiger partial charge < -0.3 is 25.6 Å². The molecule has 1 rings (SSSR count). The van der Waals surface area contributed by atoms with E-state index >= 15 is 0 Å². The van der Waals surface area contributed by atoms with E-state index in [-0.39, 0.29) is 25.5 Å². The van der Waals surface area contributed by atoms with Gasteiger partial charge in [-0.25, -0.2) is 0 Å². The number of carboxylic acids is 1. The topological polar surface area (TPSA) is 111 Å². The van der Waals surface area contributed by atoms with E-state index < -0.39 is 17.6 Å². The Labute approximate surface area is 99.3 Å². The lowest BCUT2D eigenvalue weighted by molar-refractivity contribution is -0.140. The van der Waals surface area contributed by atoms with Crippen LogP contribution in [0.1, 0.15) is 12.8 Å². The van der Waals surface area contributed by atoms with Gasteiger partial charge >= 0.3 is 5.97 Å². The molecule has 1 saturated heterocycles. The van der Waals surface area contributed by atoms with Gasteiger partial charge in [0.25, 0.3) is 0 Å². The normalized spacial score (nSPS) is 25.5. The number of aliphatic carboxylic acids is 1. The maximum Gasteiger partial charge on any atom is 0.306 e. The number of carbonyl (C=O) groups excluding carboxylic acids is 1. The molecule has 1 aliphatic heterocycles. The second-order valence-electron chi connectivity index (χ2n) is 4.12. The fourth-order valence-corrected chi connectivity index (χ4v) is 1.58. The molecule has 0 spiro atoms.